The zero-order chi connectivity index (χ0) is 21.8. The first-order chi connectivity index (χ1) is 15.0. The van der Waals surface area contributed by atoms with Gasteiger partial charge in [0, 0.05) is 19.6 Å². The van der Waals surface area contributed by atoms with Crippen LogP contribution in [0.15, 0.2) is 72.8 Å². The van der Waals surface area contributed by atoms with Crippen molar-refractivity contribution in [3.8, 4) is 0 Å². The molecule has 1 N–H and O–H groups in total. The molecule has 0 spiro atoms. The summed E-state index contributed by atoms with van der Waals surface area (Å²) in [5, 5.41) is 5.11. The second-order valence-electron chi connectivity index (χ2n) is 8.32. The number of rotatable bonds is 5. The lowest BCUT2D eigenvalue weighted by Crippen LogP contribution is -2.54. The topological polar surface area (TPSA) is 52.7 Å². The van der Waals surface area contributed by atoms with E-state index in [1.54, 1.807) is 6.92 Å². The molecule has 0 aliphatic carbocycles. The van der Waals surface area contributed by atoms with E-state index in [1.165, 1.54) is 0 Å². The highest BCUT2D eigenvalue weighted by Gasteiger charge is 2.33. The third-order valence-electron chi connectivity index (χ3n) is 6.03. The smallest absolute Gasteiger partial charge is 0.245 e. The van der Waals surface area contributed by atoms with Gasteiger partial charge in [-0.3, -0.25) is 9.59 Å². The molecular formula is C26H29N3O2. The van der Waals surface area contributed by atoms with Gasteiger partial charge in [-0.2, -0.15) is 0 Å². The van der Waals surface area contributed by atoms with E-state index in [1.807, 2.05) is 65.6 Å². The Bertz CT molecular complexity index is 1060. The summed E-state index contributed by atoms with van der Waals surface area (Å²) >= 11 is 0. The third-order valence-corrected chi connectivity index (χ3v) is 6.03. The van der Waals surface area contributed by atoms with Gasteiger partial charge in [0.25, 0.3) is 0 Å². The molecule has 1 aliphatic rings. The van der Waals surface area contributed by atoms with E-state index >= 15 is 0 Å². The van der Waals surface area contributed by atoms with Gasteiger partial charge in [0.15, 0.2) is 0 Å². The lowest BCUT2D eigenvalue weighted by molar-refractivity contribution is -0.140. The molecule has 1 aliphatic heterocycles. The standard InChI is InChI=1S/C26H29N3O2/c1-19(27-25(30)17-22-13-8-12-20-9-6-7-14-23(20)22)26(31)29-16-15-28(2)18-24(29)21-10-4-3-5-11-21/h3-14,19,24H,15-18H2,1-2H3,(H,27,30)/t19-,24-/m0/s1. The molecule has 3 aromatic rings. The van der Waals surface area contributed by atoms with E-state index in [0.717, 1.165) is 35.0 Å². The first kappa shape index (κ1) is 21.1. The van der Waals surface area contributed by atoms with E-state index < -0.39 is 6.04 Å². The Hall–Kier alpha value is -3.18. The molecule has 0 aromatic heterocycles. The summed E-state index contributed by atoms with van der Waals surface area (Å²) in [6.07, 6.45) is 0.254. The van der Waals surface area contributed by atoms with Crippen molar-refractivity contribution >= 4 is 22.6 Å². The minimum atomic E-state index is -0.572. The van der Waals surface area contributed by atoms with Crippen LogP contribution in [0.5, 0.6) is 0 Å². The van der Waals surface area contributed by atoms with Crippen LogP contribution in [0, 0.1) is 0 Å². The highest BCUT2D eigenvalue weighted by atomic mass is 16.2. The Balaban J connectivity index is 1.45. The molecule has 5 nitrogen and oxygen atoms in total. The average Bonchev–Trinajstić information content (AvgIpc) is 2.79. The summed E-state index contributed by atoms with van der Waals surface area (Å²) < 4.78 is 0. The van der Waals surface area contributed by atoms with E-state index in [4.69, 9.17) is 0 Å². The fraction of sp³-hybridized carbons (Fsp3) is 0.308. The lowest BCUT2D eigenvalue weighted by Gasteiger charge is -2.41. The number of carbonyl (C=O) groups excluding carboxylic acids is 2. The van der Waals surface area contributed by atoms with Crippen LogP contribution in [0.3, 0.4) is 0 Å². The lowest BCUT2D eigenvalue weighted by atomic mass is 10.0. The second kappa shape index (κ2) is 9.31. The average molecular weight is 416 g/mol. The summed E-state index contributed by atoms with van der Waals surface area (Å²) in [5.74, 6) is -0.171. The summed E-state index contributed by atoms with van der Waals surface area (Å²) in [4.78, 5) is 30.2. The zero-order valence-electron chi connectivity index (χ0n) is 18.1. The summed E-state index contributed by atoms with van der Waals surface area (Å²) in [5.41, 5.74) is 2.09. The van der Waals surface area contributed by atoms with E-state index in [9.17, 15) is 9.59 Å². The van der Waals surface area contributed by atoms with E-state index in [-0.39, 0.29) is 24.3 Å². The molecular weight excluding hydrogens is 386 g/mol. The minimum absolute atomic E-state index is 0.00938. The van der Waals surface area contributed by atoms with Gasteiger partial charge in [0.1, 0.15) is 6.04 Å². The summed E-state index contributed by atoms with van der Waals surface area (Å²) in [6.45, 7) is 4.04. The van der Waals surface area contributed by atoms with Crippen LogP contribution in [0.2, 0.25) is 0 Å². The van der Waals surface area contributed by atoms with Crippen LogP contribution in [0.1, 0.15) is 24.1 Å². The summed E-state index contributed by atoms with van der Waals surface area (Å²) in [7, 11) is 2.08. The number of nitrogens with zero attached hydrogens (tertiary/aromatic N) is 2. The molecule has 2 amide bonds. The van der Waals surface area contributed by atoms with Gasteiger partial charge in [0.2, 0.25) is 11.8 Å². The number of likely N-dealkylation sites (N-methyl/N-ethyl adjacent to an activating group) is 1. The Labute approximate surface area is 183 Å². The number of piperazine rings is 1. The van der Waals surface area contributed by atoms with E-state index in [2.05, 4.69) is 29.4 Å². The highest BCUT2D eigenvalue weighted by molar-refractivity contribution is 5.92. The van der Waals surface area contributed by atoms with Crippen LogP contribution in [0.25, 0.3) is 10.8 Å². The number of fused-ring (bicyclic) bond motifs is 1. The second-order valence-corrected chi connectivity index (χ2v) is 8.32. The van der Waals surface area contributed by atoms with Gasteiger partial charge in [0.05, 0.1) is 12.5 Å². The molecule has 0 unspecified atom stereocenters. The number of amides is 2. The predicted molar refractivity (Wildman–Crippen MR) is 124 cm³/mol. The Morgan fingerprint density at radius 3 is 2.48 bits per heavy atom. The minimum Gasteiger partial charge on any atom is -0.344 e. The van der Waals surface area contributed by atoms with E-state index in [0.29, 0.717) is 6.54 Å². The van der Waals surface area contributed by atoms with Crippen LogP contribution in [-0.2, 0) is 16.0 Å². The molecule has 0 saturated carbocycles. The van der Waals surface area contributed by atoms with Crippen LogP contribution < -0.4 is 5.32 Å². The fourth-order valence-corrected chi connectivity index (χ4v) is 4.37. The molecule has 1 saturated heterocycles. The van der Waals surface area contributed by atoms with Gasteiger partial charge in [-0.1, -0.05) is 72.8 Å². The largest absolute Gasteiger partial charge is 0.344 e. The molecule has 1 heterocycles. The molecule has 160 valence electrons. The van der Waals surface area contributed by atoms with Crippen molar-refractivity contribution in [3.05, 3.63) is 83.9 Å². The van der Waals surface area contributed by atoms with Crippen molar-refractivity contribution in [3.63, 3.8) is 0 Å². The van der Waals surface area contributed by atoms with Crippen molar-refractivity contribution in [1.82, 2.24) is 15.1 Å². The van der Waals surface area contributed by atoms with Gasteiger partial charge in [-0.25, -0.2) is 0 Å². The predicted octanol–water partition coefficient (Wildman–Crippen LogP) is 3.40. The monoisotopic (exact) mass is 415 g/mol. The maximum Gasteiger partial charge on any atom is 0.245 e. The van der Waals surface area contributed by atoms with Gasteiger partial charge in [-0.05, 0) is 35.9 Å². The molecule has 4 rings (SSSR count). The maximum absolute atomic E-state index is 13.3. The number of benzene rings is 3. The SMILES string of the molecule is C[C@H](NC(=O)Cc1cccc2ccccc12)C(=O)N1CCN(C)C[C@H]1c1ccccc1. The molecule has 0 bridgehead atoms. The fourth-order valence-electron chi connectivity index (χ4n) is 4.37. The first-order valence-electron chi connectivity index (χ1n) is 10.8. The zero-order valence-corrected chi connectivity index (χ0v) is 18.1. The molecule has 0 radical (unpaired) electrons. The van der Waals surface area contributed by atoms with Crippen molar-refractivity contribution in [1.29, 1.82) is 0 Å². The Morgan fingerprint density at radius 2 is 1.68 bits per heavy atom. The maximum atomic E-state index is 13.3. The summed E-state index contributed by atoms with van der Waals surface area (Å²) in [6, 6.07) is 23.6. The highest BCUT2D eigenvalue weighted by Crippen LogP contribution is 2.25. The van der Waals surface area contributed by atoms with Crippen LogP contribution >= 0.6 is 0 Å². The number of hydrogen-bond acceptors (Lipinski definition) is 3. The van der Waals surface area contributed by atoms with Crippen molar-refractivity contribution in [2.75, 3.05) is 26.7 Å². The van der Waals surface area contributed by atoms with Gasteiger partial charge >= 0.3 is 0 Å². The molecule has 31 heavy (non-hydrogen) atoms. The molecule has 1 fully saturated rings. The van der Waals surface area contributed by atoms with Crippen molar-refractivity contribution < 1.29 is 9.59 Å². The van der Waals surface area contributed by atoms with Gasteiger partial charge < -0.3 is 15.1 Å². The molecule has 3 aromatic carbocycles. The molecule has 5 heteroatoms. The van der Waals surface area contributed by atoms with Crippen molar-refractivity contribution in [2.45, 2.75) is 25.4 Å². The normalized spacial score (nSPS) is 18.0. The Morgan fingerprint density at radius 1 is 0.968 bits per heavy atom. The quantitative estimate of drug-likeness (QED) is 0.695. The van der Waals surface area contributed by atoms with Crippen LogP contribution in [0.4, 0.5) is 0 Å². The Kier molecular flexibility index (Phi) is 6.33. The van der Waals surface area contributed by atoms with Crippen LogP contribution in [-0.4, -0.2) is 54.3 Å². The van der Waals surface area contributed by atoms with Gasteiger partial charge in [-0.15, -0.1) is 0 Å². The third kappa shape index (κ3) is 4.78. The van der Waals surface area contributed by atoms with Crippen molar-refractivity contribution in [2.24, 2.45) is 0 Å². The number of carbonyl (C=O) groups is 2. The number of nitrogens with one attached hydrogen (secondary N) is 1. The first-order valence-corrected chi connectivity index (χ1v) is 10.8. The molecule has 2 atom stereocenters. The number of hydrogen-bond donors (Lipinski definition) is 1.